The van der Waals surface area contributed by atoms with Gasteiger partial charge in [0.25, 0.3) is 0 Å². The van der Waals surface area contributed by atoms with Gasteiger partial charge in [0.15, 0.2) is 0 Å². The average Bonchev–Trinajstić information content (AvgIpc) is 2.58. The summed E-state index contributed by atoms with van der Waals surface area (Å²) in [6, 6.07) is 10.6. The average molecular weight is 265 g/mol. The summed E-state index contributed by atoms with van der Waals surface area (Å²) in [5, 5.41) is 8.41. The topological polar surface area (TPSA) is 28.7 Å². The van der Waals surface area contributed by atoms with Crippen molar-refractivity contribution in [1.29, 1.82) is 0 Å². The van der Waals surface area contributed by atoms with Crippen LogP contribution >= 0.6 is 0 Å². The third kappa shape index (κ3) is 2.49. The summed E-state index contributed by atoms with van der Waals surface area (Å²) in [6.07, 6.45) is 0. The minimum atomic E-state index is 0.489. The molecule has 1 aromatic heterocycles. The molecule has 1 heterocycles. The van der Waals surface area contributed by atoms with Gasteiger partial charge in [0.05, 0.1) is 0 Å². The van der Waals surface area contributed by atoms with Crippen LogP contribution in [0.5, 0.6) is 0 Å². The van der Waals surface area contributed by atoms with Crippen molar-refractivity contribution in [2.75, 3.05) is 0 Å². The molecule has 0 fully saturated rings. The number of benzene rings is 1. The molecule has 1 N–H and O–H groups in total. The standard InChI is InChI=1S/C12H14N2Se/c1-9-12(10(2)14-13-9)15-8-11-6-4-3-5-7-11/h3-7H,8H2,1-2H3,(H,13,14). The van der Waals surface area contributed by atoms with E-state index in [-0.39, 0.29) is 0 Å². The van der Waals surface area contributed by atoms with Crippen molar-refractivity contribution in [2.45, 2.75) is 19.2 Å². The minimum absolute atomic E-state index is 0.489. The third-order valence-electron chi connectivity index (χ3n) is 2.29. The van der Waals surface area contributed by atoms with Gasteiger partial charge in [0.1, 0.15) is 0 Å². The number of nitrogens with one attached hydrogen (secondary N) is 1. The molecule has 0 saturated heterocycles. The van der Waals surface area contributed by atoms with E-state index in [0.717, 1.165) is 11.0 Å². The van der Waals surface area contributed by atoms with Gasteiger partial charge in [-0.2, -0.15) is 0 Å². The Morgan fingerprint density at radius 3 is 2.53 bits per heavy atom. The van der Waals surface area contributed by atoms with Crippen LogP contribution in [0.15, 0.2) is 30.3 Å². The van der Waals surface area contributed by atoms with Gasteiger partial charge in [-0.1, -0.05) is 0 Å². The molecule has 0 atom stereocenters. The molecule has 2 nitrogen and oxygen atoms in total. The second-order valence-corrected chi connectivity index (χ2v) is 5.61. The molecule has 78 valence electrons. The van der Waals surface area contributed by atoms with Crippen LogP contribution in [0.25, 0.3) is 0 Å². The van der Waals surface area contributed by atoms with E-state index in [9.17, 15) is 0 Å². The molecule has 0 saturated carbocycles. The first-order valence-corrected chi connectivity index (χ1v) is 7.02. The van der Waals surface area contributed by atoms with E-state index in [1.54, 1.807) is 0 Å². The Balaban J connectivity index is 2.05. The van der Waals surface area contributed by atoms with Crippen LogP contribution < -0.4 is 4.46 Å². The van der Waals surface area contributed by atoms with Crippen LogP contribution in [0.4, 0.5) is 0 Å². The number of hydrogen-bond acceptors (Lipinski definition) is 1. The maximum atomic E-state index is 4.22. The number of nitrogens with zero attached hydrogens (tertiary/aromatic N) is 1. The van der Waals surface area contributed by atoms with Crippen LogP contribution in [-0.2, 0) is 5.32 Å². The van der Waals surface area contributed by atoms with E-state index in [4.69, 9.17) is 0 Å². The van der Waals surface area contributed by atoms with Gasteiger partial charge in [-0.15, -0.1) is 0 Å². The summed E-state index contributed by atoms with van der Waals surface area (Å²) < 4.78 is 1.42. The molecule has 2 aromatic rings. The third-order valence-corrected chi connectivity index (χ3v) is 5.16. The molecule has 0 unspecified atom stereocenters. The second kappa shape index (κ2) is 4.65. The van der Waals surface area contributed by atoms with Gasteiger partial charge in [-0.3, -0.25) is 0 Å². The monoisotopic (exact) mass is 266 g/mol. The molecule has 0 aliphatic rings. The fourth-order valence-electron chi connectivity index (χ4n) is 1.48. The van der Waals surface area contributed by atoms with Crippen LogP contribution in [0.1, 0.15) is 17.0 Å². The fraction of sp³-hybridized carbons (Fsp3) is 0.250. The van der Waals surface area contributed by atoms with E-state index >= 15 is 0 Å². The summed E-state index contributed by atoms with van der Waals surface area (Å²) in [6.45, 7) is 4.17. The Morgan fingerprint density at radius 1 is 1.20 bits per heavy atom. The zero-order chi connectivity index (χ0) is 10.7. The Bertz CT molecular complexity index is 415. The molecule has 15 heavy (non-hydrogen) atoms. The number of aromatic amines is 1. The SMILES string of the molecule is Cc1n[nH]c(C)c1[Se]Cc1ccccc1. The van der Waals surface area contributed by atoms with Crippen molar-refractivity contribution < 1.29 is 0 Å². The van der Waals surface area contributed by atoms with Gasteiger partial charge in [0.2, 0.25) is 0 Å². The van der Waals surface area contributed by atoms with Crippen LogP contribution in [0.3, 0.4) is 0 Å². The molecule has 0 amide bonds. The summed E-state index contributed by atoms with van der Waals surface area (Å²) >= 11 is 0.489. The second-order valence-electron chi connectivity index (χ2n) is 3.54. The maximum absolute atomic E-state index is 4.22. The number of aromatic nitrogens is 2. The van der Waals surface area contributed by atoms with Crippen molar-refractivity contribution in [2.24, 2.45) is 0 Å². The molecule has 0 aliphatic carbocycles. The van der Waals surface area contributed by atoms with Gasteiger partial charge in [0, 0.05) is 0 Å². The number of hydrogen-bond donors (Lipinski definition) is 1. The van der Waals surface area contributed by atoms with Gasteiger partial charge in [-0.25, -0.2) is 0 Å². The van der Waals surface area contributed by atoms with E-state index in [2.05, 4.69) is 54.4 Å². The molecule has 2 rings (SSSR count). The Hall–Kier alpha value is -1.05. The molecular formula is C12H14N2Se. The summed E-state index contributed by atoms with van der Waals surface area (Å²) in [5.74, 6) is 0. The normalized spacial score (nSPS) is 10.5. The molecule has 3 heteroatoms. The molecule has 1 aromatic carbocycles. The summed E-state index contributed by atoms with van der Waals surface area (Å²) in [4.78, 5) is 0. The van der Waals surface area contributed by atoms with Crippen LogP contribution in [-0.4, -0.2) is 25.2 Å². The van der Waals surface area contributed by atoms with E-state index < -0.39 is 0 Å². The summed E-state index contributed by atoms with van der Waals surface area (Å²) in [5.41, 5.74) is 3.80. The fourth-order valence-corrected chi connectivity index (χ4v) is 3.62. The predicted molar refractivity (Wildman–Crippen MR) is 63.6 cm³/mol. The van der Waals surface area contributed by atoms with E-state index in [1.165, 1.54) is 15.7 Å². The van der Waals surface area contributed by atoms with Gasteiger partial charge in [-0.05, 0) is 0 Å². The van der Waals surface area contributed by atoms with E-state index in [1.807, 2.05) is 0 Å². The van der Waals surface area contributed by atoms with Gasteiger partial charge >= 0.3 is 96.1 Å². The van der Waals surface area contributed by atoms with Crippen molar-refractivity contribution in [3.63, 3.8) is 0 Å². The van der Waals surface area contributed by atoms with Crippen molar-refractivity contribution in [3.8, 4) is 0 Å². The Morgan fingerprint density at radius 2 is 1.93 bits per heavy atom. The molecule has 0 bridgehead atoms. The van der Waals surface area contributed by atoms with Crippen molar-refractivity contribution in [1.82, 2.24) is 10.2 Å². The zero-order valence-corrected chi connectivity index (χ0v) is 10.7. The Labute approximate surface area is 96.3 Å². The van der Waals surface area contributed by atoms with Crippen LogP contribution in [0, 0.1) is 13.8 Å². The quantitative estimate of drug-likeness (QED) is 0.838. The Kier molecular flexibility index (Phi) is 3.24. The molecule has 0 aliphatic heterocycles. The van der Waals surface area contributed by atoms with E-state index in [0.29, 0.717) is 15.0 Å². The zero-order valence-electron chi connectivity index (χ0n) is 8.95. The molecule has 0 spiro atoms. The van der Waals surface area contributed by atoms with Gasteiger partial charge < -0.3 is 0 Å². The number of H-pyrrole nitrogens is 1. The molecule has 0 radical (unpaired) electrons. The predicted octanol–water partition coefficient (Wildman–Crippen LogP) is 1.56. The first kappa shape index (κ1) is 10.5. The molecular weight excluding hydrogens is 251 g/mol. The first-order chi connectivity index (χ1) is 7.27. The van der Waals surface area contributed by atoms with Crippen LogP contribution in [0.2, 0.25) is 0 Å². The van der Waals surface area contributed by atoms with Crippen molar-refractivity contribution in [3.05, 3.63) is 47.3 Å². The first-order valence-electron chi connectivity index (χ1n) is 4.95. The number of aryl methyl sites for hydroxylation is 2. The number of rotatable bonds is 3. The van der Waals surface area contributed by atoms with Crippen molar-refractivity contribution >= 4 is 19.4 Å². The summed E-state index contributed by atoms with van der Waals surface area (Å²) in [7, 11) is 0.